The normalized spacial score (nSPS) is 15.4. The van der Waals surface area contributed by atoms with Crippen molar-refractivity contribution in [1.29, 1.82) is 0 Å². The van der Waals surface area contributed by atoms with E-state index in [9.17, 15) is 0 Å². The molecule has 0 saturated heterocycles. The zero-order valence-electron chi connectivity index (χ0n) is 10.9. The standard InChI is InChI=1S/C15H23NO2/c16-12-14-4-6-15(7-5-14)18-11-10-17-9-8-13-2-1-3-13/h4-7,13H,1-3,8-12,16H2. The lowest BCUT2D eigenvalue weighted by Crippen LogP contribution is -2.15. The highest BCUT2D eigenvalue weighted by Gasteiger charge is 2.16. The van der Waals surface area contributed by atoms with E-state index in [4.69, 9.17) is 15.2 Å². The molecule has 2 N–H and O–H groups in total. The molecule has 100 valence electrons. The predicted octanol–water partition coefficient (Wildman–Crippen LogP) is 2.73. The molecule has 2 rings (SSSR count). The maximum absolute atomic E-state index is 5.59. The Morgan fingerprint density at radius 2 is 1.83 bits per heavy atom. The van der Waals surface area contributed by atoms with E-state index >= 15 is 0 Å². The molecule has 0 aromatic heterocycles. The monoisotopic (exact) mass is 249 g/mol. The number of hydrogen-bond acceptors (Lipinski definition) is 3. The summed E-state index contributed by atoms with van der Waals surface area (Å²) in [5.41, 5.74) is 6.66. The van der Waals surface area contributed by atoms with Crippen LogP contribution in [0.1, 0.15) is 31.2 Å². The van der Waals surface area contributed by atoms with Crippen molar-refractivity contribution in [2.24, 2.45) is 11.7 Å². The fraction of sp³-hybridized carbons (Fsp3) is 0.600. The summed E-state index contributed by atoms with van der Waals surface area (Å²) in [6, 6.07) is 7.90. The molecule has 0 heterocycles. The molecule has 1 aliphatic rings. The van der Waals surface area contributed by atoms with Gasteiger partial charge in [-0.1, -0.05) is 31.4 Å². The molecule has 3 nitrogen and oxygen atoms in total. The lowest BCUT2D eigenvalue weighted by Gasteiger charge is -2.24. The van der Waals surface area contributed by atoms with E-state index in [-0.39, 0.29) is 0 Å². The molecule has 1 fully saturated rings. The van der Waals surface area contributed by atoms with E-state index in [1.54, 1.807) is 0 Å². The zero-order chi connectivity index (χ0) is 12.6. The average molecular weight is 249 g/mol. The van der Waals surface area contributed by atoms with Crippen LogP contribution in [0.2, 0.25) is 0 Å². The van der Waals surface area contributed by atoms with E-state index in [1.807, 2.05) is 24.3 Å². The van der Waals surface area contributed by atoms with Gasteiger partial charge in [-0.25, -0.2) is 0 Å². The van der Waals surface area contributed by atoms with Crippen molar-refractivity contribution in [2.45, 2.75) is 32.2 Å². The lowest BCUT2D eigenvalue weighted by molar-refractivity contribution is 0.0812. The third-order valence-corrected chi connectivity index (χ3v) is 3.55. The van der Waals surface area contributed by atoms with Crippen LogP contribution in [0, 0.1) is 5.92 Å². The van der Waals surface area contributed by atoms with E-state index in [0.717, 1.165) is 23.8 Å². The largest absolute Gasteiger partial charge is 0.491 e. The minimum absolute atomic E-state index is 0.574. The molecule has 0 atom stereocenters. The van der Waals surface area contributed by atoms with E-state index in [2.05, 4.69) is 0 Å². The number of nitrogens with two attached hydrogens (primary N) is 1. The van der Waals surface area contributed by atoms with Crippen molar-refractivity contribution in [3.05, 3.63) is 29.8 Å². The van der Waals surface area contributed by atoms with Gasteiger partial charge in [0.1, 0.15) is 12.4 Å². The SMILES string of the molecule is NCc1ccc(OCCOCCC2CCC2)cc1. The molecule has 0 unspecified atom stereocenters. The van der Waals surface area contributed by atoms with Crippen molar-refractivity contribution in [3.8, 4) is 5.75 Å². The van der Waals surface area contributed by atoms with Gasteiger partial charge in [-0.2, -0.15) is 0 Å². The van der Waals surface area contributed by atoms with Crippen LogP contribution < -0.4 is 10.5 Å². The highest BCUT2D eigenvalue weighted by atomic mass is 16.5. The number of ether oxygens (including phenoxy) is 2. The summed E-state index contributed by atoms with van der Waals surface area (Å²) in [5.74, 6) is 1.81. The summed E-state index contributed by atoms with van der Waals surface area (Å²) < 4.78 is 11.1. The second-order valence-electron chi connectivity index (χ2n) is 4.89. The molecule has 0 spiro atoms. The molecular weight excluding hydrogens is 226 g/mol. The van der Waals surface area contributed by atoms with Gasteiger partial charge in [0.2, 0.25) is 0 Å². The fourth-order valence-electron chi connectivity index (χ4n) is 2.07. The summed E-state index contributed by atoms with van der Waals surface area (Å²) in [6.07, 6.45) is 5.42. The lowest BCUT2D eigenvalue weighted by atomic mass is 9.83. The van der Waals surface area contributed by atoms with Gasteiger partial charge >= 0.3 is 0 Å². The van der Waals surface area contributed by atoms with Gasteiger partial charge in [-0.3, -0.25) is 0 Å². The van der Waals surface area contributed by atoms with Gasteiger partial charge in [0.25, 0.3) is 0 Å². The molecule has 18 heavy (non-hydrogen) atoms. The average Bonchev–Trinajstić information content (AvgIpc) is 2.36. The highest BCUT2D eigenvalue weighted by Crippen LogP contribution is 2.29. The second-order valence-corrected chi connectivity index (χ2v) is 4.89. The molecule has 0 aliphatic heterocycles. The van der Waals surface area contributed by atoms with Crippen LogP contribution in [0.15, 0.2) is 24.3 Å². The van der Waals surface area contributed by atoms with E-state index in [1.165, 1.54) is 25.7 Å². The first-order chi connectivity index (χ1) is 8.88. The van der Waals surface area contributed by atoms with Crippen molar-refractivity contribution in [2.75, 3.05) is 19.8 Å². The number of hydrogen-bond donors (Lipinski definition) is 1. The molecule has 1 aliphatic carbocycles. The quantitative estimate of drug-likeness (QED) is 0.720. The molecule has 1 aromatic carbocycles. The maximum atomic E-state index is 5.59. The van der Waals surface area contributed by atoms with Crippen molar-refractivity contribution >= 4 is 0 Å². The minimum atomic E-state index is 0.574. The number of rotatable bonds is 8. The molecule has 0 amide bonds. The van der Waals surface area contributed by atoms with Crippen LogP contribution in [0.4, 0.5) is 0 Å². The van der Waals surface area contributed by atoms with Gasteiger partial charge in [-0.15, -0.1) is 0 Å². The smallest absolute Gasteiger partial charge is 0.119 e. The van der Waals surface area contributed by atoms with Crippen LogP contribution in [0.3, 0.4) is 0 Å². The van der Waals surface area contributed by atoms with Crippen LogP contribution in [0.5, 0.6) is 5.75 Å². The first-order valence-corrected chi connectivity index (χ1v) is 6.88. The Hall–Kier alpha value is -1.06. The Labute approximate surface area is 109 Å². The Bertz CT molecular complexity index is 333. The summed E-state index contributed by atoms with van der Waals surface area (Å²) >= 11 is 0. The molecule has 0 bridgehead atoms. The second kappa shape index (κ2) is 7.39. The summed E-state index contributed by atoms with van der Waals surface area (Å²) in [7, 11) is 0. The first-order valence-electron chi connectivity index (χ1n) is 6.88. The Morgan fingerprint density at radius 1 is 1.06 bits per heavy atom. The maximum Gasteiger partial charge on any atom is 0.119 e. The Morgan fingerprint density at radius 3 is 2.44 bits per heavy atom. The van der Waals surface area contributed by atoms with Gasteiger partial charge in [0.05, 0.1) is 6.61 Å². The zero-order valence-corrected chi connectivity index (χ0v) is 10.9. The van der Waals surface area contributed by atoms with Gasteiger partial charge in [0.15, 0.2) is 0 Å². The predicted molar refractivity (Wildman–Crippen MR) is 72.6 cm³/mol. The molecule has 0 radical (unpaired) electrons. The third kappa shape index (κ3) is 4.31. The van der Waals surface area contributed by atoms with Gasteiger partial charge < -0.3 is 15.2 Å². The summed E-state index contributed by atoms with van der Waals surface area (Å²) in [5, 5.41) is 0. The molecule has 1 saturated carbocycles. The fourth-order valence-corrected chi connectivity index (χ4v) is 2.07. The van der Waals surface area contributed by atoms with Gasteiger partial charge in [0, 0.05) is 13.2 Å². The van der Waals surface area contributed by atoms with Crippen LogP contribution >= 0.6 is 0 Å². The summed E-state index contributed by atoms with van der Waals surface area (Å²) in [6.45, 7) is 2.74. The minimum Gasteiger partial charge on any atom is -0.491 e. The van der Waals surface area contributed by atoms with Gasteiger partial charge in [-0.05, 0) is 30.0 Å². The Balaban J connectivity index is 1.51. The number of benzene rings is 1. The van der Waals surface area contributed by atoms with Crippen molar-refractivity contribution in [1.82, 2.24) is 0 Å². The summed E-state index contributed by atoms with van der Waals surface area (Å²) in [4.78, 5) is 0. The topological polar surface area (TPSA) is 44.5 Å². The highest BCUT2D eigenvalue weighted by molar-refractivity contribution is 5.26. The van der Waals surface area contributed by atoms with Crippen molar-refractivity contribution < 1.29 is 9.47 Å². The third-order valence-electron chi connectivity index (χ3n) is 3.55. The van der Waals surface area contributed by atoms with E-state index in [0.29, 0.717) is 19.8 Å². The van der Waals surface area contributed by atoms with Crippen LogP contribution in [0.25, 0.3) is 0 Å². The Kier molecular flexibility index (Phi) is 5.49. The van der Waals surface area contributed by atoms with E-state index < -0.39 is 0 Å². The van der Waals surface area contributed by atoms with Crippen LogP contribution in [-0.4, -0.2) is 19.8 Å². The first kappa shape index (κ1) is 13.4. The molecule has 3 heteroatoms. The molecule has 1 aromatic rings. The molecular formula is C15H23NO2. The van der Waals surface area contributed by atoms with Crippen molar-refractivity contribution in [3.63, 3.8) is 0 Å². The van der Waals surface area contributed by atoms with Crippen LogP contribution in [-0.2, 0) is 11.3 Å².